The van der Waals surface area contributed by atoms with E-state index in [1.165, 1.54) is 9.32 Å². The number of carbonyl (C=O) groups is 4. The maximum absolute atomic E-state index is 14.1. The molecule has 3 aromatic rings. The van der Waals surface area contributed by atoms with Crippen LogP contribution in [-0.2, 0) is 25.5 Å². The van der Waals surface area contributed by atoms with E-state index in [1.54, 1.807) is 30.5 Å². The minimum atomic E-state index is -5.08. The van der Waals surface area contributed by atoms with Gasteiger partial charge in [-0.2, -0.15) is 18.4 Å². The normalized spacial score (nSPS) is 17.7. The molecule has 54 heavy (non-hydrogen) atoms. The van der Waals surface area contributed by atoms with Gasteiger partial charge in [0.25, 0.3) is 5.91 Å². The Hall–Kier alpha value is -5.36. The molecule has 1 fully saturated rings. The number of aromatic nitrogens is 4. The zero-order valence-corrected chi connectivity index (χ0v) is 30.5. The Kier molecular flexibility index (Phi) is 13.9. The van der Waals surface area contributed by atoms with Crippen LogP contribution in [-0.4, -0.2) is 91.3 Å². The fourth-order valence-electron chi connectivity index (χ4n) is 5.70. The molecule has 1 saturated carbocycles. The number of allylic oxidation sites excluding steroid dienone is 1. The highest BCUT2D eigenvalue weighted by molar-refractivity contribution is 6.18. The molecule has 2 aliphatic rings. The number of nitrogens with zero attached hydrogens (tertiary/aromatic N) is 6. The Morgan fingerprint density at radius 3 is 2.19 bits per heavy atom. The van der Waals surface area contributed by atoms with Crippen LogP contribution in [0.2, 0.25) is 0 Å². The van der Waals surface area contributed by atoms with Gasteiger partial charge in [0.1, 0.15) is 12.3 Å². The maximum Gasteiger partial charge on any atom is 0.490 e. The standard InChI is InChI=1S/C33H40ClN9O4.C2HF3O2/c1-33(2,3)47-32(46)37-19-22-6-10-25(11-7-22)30(44)43(26-14-12-24(13-15-26)29-38-40-41-39-29)31(45)27(35)18-21-4-8-23(9-5-21)28-16-17-36-20-42(28)34;3-2(4,5)1(6)7/h4-5,8-9,12-17,22,25,27H,6-7,10-11,18-20,35H2,1-3H3,(H,37,46)(H,38,39,40,41);(H,6,7)/t22-,25-,27-;/m0./s1. The second kappa shape index (κ2) is 18.1. The second-order valence-corrected chi connectivity index (χ2v) is 14.0. The number of nitrogens with one attached hydrogen (secondary N) is 2. The van der Waals surface area contributed by atoms with Crippen LogP contribution < -0.4 is 16.0 Å². The predicted octanol–water partition coefficient (Wildman–Crippen LogP) is 5.10. The summed E-state index contributed by atoms with van der Waals surface area (Å²) in [6, 6.07) is 13.5. The number of rotatable bonds is 9. The molecule has 2 heterocycles. The van der Waals surface area contributed by atoms with Crippen molar-refractivity contribution in [2.45, 2.75) is 70.7 Å². The lowest BCUT2D eigenvalue weighted by atomic mass is 9.81. The Labute approximate surface area is 313 Å². The first-order chi connectivity index (χ1) is 25.4. The first kappa shape index (κ1) is 41.4. The number of ether oxygens (including phenoxy) is 1. The van der Waals surface area contributed by atoms with E-state index in [-0.39, 0.29) is 24.2 Å². The van der Waals surface area contributed by atoms with Crippen LogP contribution in [0.1, 0.15) is 57.6 Å². The summed E-state index contributed by atoms with van der Waals surface area (Å²) in [6.07, 6.45) is 0.860. The van der Waals surface area contributed by atoms with E-state index >= 15 is 0 Å². The minimum Gasteiger partial charge on any atom is -0.475 e. The van der Waals surface area contributed by atoms with Gasteiger partial charge in [0.05, 0.1) is 17.4 Å². The quantitative estimate of drug-likeness (QED) is 0.210. The molecule has 0 saturated heterocycles. The molecule has 0 spiro atoms. The number of imide groups is 1. The van der Waals surface area contributed by atoms with Crippen molar-refractivity contribution in [1.82, 2.24) is 30.4 Å². The number of aliphatic carboxylic acids is 1. The number of H-pyrrole nitrogens is 1. The number of carboxylic acids is 1. The fourth-order valence-corrected chi connectivity index (χ4v) is 5.91. The van der Waals surface area contributed by atoms with Crippen molar-refractivity contribution in [2.24, 2.45) is 22.6 Å². The first-order valence-electron chi connectivity index (χ1n) is 16.9. The number of tetrazole rings is 1. The Morgan fingerprint density at radius 1 is 1.04 bits per heavy atom. The van der Waals surface area contributed by atoms with Gasteiger partial charge in [0, 0.05) is 36.0 Å². The topological polar surface area (TPSA) is 209 Å². The van der Waals surface area contributed by atoms with Gasteiger partial charge >= 0.3 is 18.2 Å². The first-order valence-corrected chi connectivity index (χ1v) is 17.2. The van der Waals surface area contributed by atoms with Crippen molar-refractivity contribution in [3.05, 3.63) is 65.7 Å². The average Bonchev–Trinajstić information content (AvgIpc) is 3.66. The number of alkyl carbamates (subject to hydrolysis) is 1. The number of aromatic amines is 1. The largest absolute Gasteiger partial charge is 0.490 e. The van der Waals surface area contributed by atoms with E-state index < -0.39 is 35.8 Å². The molecule has 290 valence electrons. The van der Waals surface area contributed by atoms with Crippen LogP contribution in [0.3, 0.4) is 0 Å². The van der Waals surface area contributed by atoms with Crippen molar-refractivity contribution >= 4 is 53.3 Å². The third-order valence-corrected chi connectivity index (χ3v) is 8.66. The van der Waals surface area contributed by atoms with Gasteiger partial charge in [0.15, 0.2) is 0 Å². The number of aliphatic imine (C=N–C) groups is 1. The molecule has 5 N–H and O–H groups in total. The van der Waals surface area contributed by atoms with E-state index in [0.29, 0.717) is 43.1 Å². The molecule has 15 nitrogen and oxygen atoms in total. The summed E-state index contributed by atoms with van der Waals surface area (Å²) < 4.78 is 38.6. The average molecular weight is 776 g/mol. The van der Waals surface area contributed by atoms with Gasteiger partial charge in [-0.05, 0) is 105 Å². The monoisotopic (exact) mass is 775 g/mol. The molecule has 1 aliphatic heterocycles. The molecular formula is C35H41ClF3N9O6. The Balaban J connectivity index is 0.000000845. The van der Waals surface area contributed by atoms with E-state index in [4.69, 9.17) is 32.1 Å². The van der Waals surface area contributed by atoms with Crippen LogP contribution in [0.5, 0.6) is 0 Å². The van der Waals surface area contributed by atoms with Gasteiger partial charge in [0.2, 0.25) is 11.7 Å². The van der Waals surface area contributed by atoms with Gasteiger partial charge in [-0.25, -0.2) is 14.5 Å². The number of carboxylic acid groups (broad SMARTS) is 1. The van der Waals surface area contributed by atoms with Gasteiger partial charge < -0.3 is 20.9 Å². The van der Waals surface area contributed by atoms with E-state index in [2.05, 4.69) is 30.9 Å². The molecule has 0 radical (unpaired) electrons. The third-order valence-electron chi connectivity index (χ3n) is 8.37. The lowest BCUT2D eigenvalue weighted by molar-refractivity contribution is -0.192. The highest BCUT2D eigenvalue weighted by atomic mass is 35.5. The number of hydrogen-bond donors (Lipinski definition) is 4. The number of nitrogens with two attached hydrogens (primary N) is 1. The number of anilines is 1. The zero-order chi connectivity index (χ0) is 39.6. The number of amides is 3. The summed E-state index contributed by atoms with van der Waals surface area (Å²) in [5.74, 6) is -3.30. The van der Waals surface area contributed by atoms with E-state index in [1.807, 2.05) is 51.1 Å². The van der Waals surface area contributed by atoms with Gasteiger partial charge in [-0.3, -0.25) is 19.0 Å². The molecule has 2 aromatic carbocycles. The fraction of sp³-hybridized carbons (Fsp3) is 0.429. The summed E-state index contributed by atoms with van der Waals surface area (Å²) in [7, 11) is 0. The molecule has 0 unspecified atom stereocenters. The lowest BCUT2D eigenvalue weighted by Gasteiger charge is -2.32. The molecule has 5 rings (SSSR count). The van der Waals surface area contributed by atoms with E-state index in [9.17, 15) is 27.6 Å². The smallest absolute Gasteiger partial charge is 0.475 e. The SMILES string of the molecule is CC(C)(C)OC(=O)NC[C@H]1CC[C@H](C(=O)N(C(=O)[C@@H](N)Cc2ccc(C3=CC=NCN3Cl)cc2)c2ccc(-c3nn[nH]n3)cc2)CC1.O=C(O)C(F)(F)F. The highest BCUT2D eigenvalue weighted by Crippen LogP contribution is 2.32. The molecule has 1 aromatic heterocycles. The molecule has 1 aliphatic carbocycles. The molecule has 19 heteroatoms. The summed E-state index contributed by atoms with van der Waals surface area (Å²) in [5.41, 5.74) is 9.61. The van der Waals surface area contributed by atoms with Crippen molar-refractivity contribution in [3.8, 4) is 11.4 Å². The summed E-state index contributed by atoms with van der Waals surface area (Å²) >= 11 is 6.28. The molecule has 1 atom stereocenters. The van der Waals surface area contributed by atoms with Crippen LogP contribution in [0.4, 0.5) is 23.7 Å². The van der Waals surface area contributed by atoms with Gasteiger partial charge in [-0.15, -0.1) is 10.2 Å². The van der Waals surface area contributed by atoms with Crippen LogP contribution in [0.15, 0.2) is 59.6 Å². The van der Waals surface area contributed by atoms with E-state index in [0.717, 1.165) is 29.7 Å². The number of hydrogen-bond acceptors (Lipinski definition) is 11. The number of alkyl halides is 3. The number of halogens is 4. The maximum atomic E-state index is 14.1. The van der Waals surface area contributed by atoms with Gasteiger partial charge in [-0.1, -0.05) is 24.3 Å². The Bertz CT molecular complexity index is 1810. The number of carbonyl (C=O) groups excluding carboxylic acids is 3. The van der Waals surface area contributed by atoms with Crippen molar-refractivity contribution in [1.29, 1.82) is 0 Å². The Morgan fingerprint density at radius 2 is 1.65 bits per heavy atom. The summed E-state index contributed by atoms with van der Waals surface area (Å²) in [4.78, 5) is 54.4. The highest BCUT2D eigenvalue weighted by Gasteiger charge is 2.38. The third kappa shape index (κ3) is 11.8. The van der Waals surface area contributed by atoms with Crippen LogP contribution in [0.25, 0.3) is 17.1 Å². The van der Waals surface area contributed by atoms with Crippen LogP contribution in [0, 0.1) is 11.8 Å². The van der Waals surface area contributed by atoms with Crippen molar-refractivity contribution in [3.63, 3.8) is 0 Å². The zero-order valence-electron chi connectivity index (χ0n) is 29.7. The summed E-state index contributed by atoms with van der Waals surface area (Å²) in [5, 5.41) is 24.0. The predicted molar refractivity (Wildman–Crippen MR) is 193 cm³/mol. The van der Waals surface area contributed by atoms with Crippen molar-refractivity contribution < 1.29 is 42.2 Å². The minimum absolute atomic E-state index is 0.206. The lowest BCUT2D eigenvalue weighted by Crippen LogP contribution is -2.50. The molecular weight excluding hydrogens is 735 g/mol. The second-order valence-electron chi connectivity index (χ2n) is 13.6. The summed E-state index contributed by atoms with van der Waals surface area (Å²) in [6.45, 7) is 6.28. The molecule has 0 bridgehead atoms. The van der Waals surface area contributed by atoms with Crippen LogP contribution >= 0.6 is 11.8 Å². The van der Waals surface area contributed by atoms with Crippen molar-refractivity contribution in [2.75, 3.05) is 18.1 Å². The number of benzene rings is 2. The molecule has 3 amide bonds.